The minimum absolute atomic E-state index is 0.212. The third-order valence-corrected chi connectivity index (χ3v) is 6.70. The van der Waals surface area contributed by atoms with Crippen molar-refractivity contribution in [3.63, 3.8) is 0 Å². The SMILES string of the molecule is CC1CCC2C3OC(C(OC(=O)c4ccccc4)C3OC(=O)c3ccccc3)C12. The average molecular weight is 392 g/mol. The Kier molecular flexibility index (Phi) is 4.63. The lowest BCUT2D eigenvalue weighted by Gasteiger charge is -2.35. The molecule has 1 aliphatic carbocycles. The van der Waals surface area contributed by atoms with Crippen molar-refractivity contribution < 1.29 is 23.8 Å². The molecule has 1 saturated carbocycles. The lowest BCUT2D eigenvalue weighted by molar-refractivity contribution is -0.0566. The standard InChI is InChI=1S/C24H24O5/c1-14-12-13-17-18(14)20-22(29-24(26)16-10-6-3-7-11-16)21(19(17)27-20)28-23(25)15-8-4-2-5-9-15/h2-11,14,17-22H,12-13H2,1H3. The molecule has 29 heavy (non-hydrogen) atoms. The van der Waals surface area contributed by atoms with Crippen LogP contribution in [0.15, 0.2) is 60.7 Å². The molecule has 2 aliphatic heterocycles. The molecular weight excluding hydrogens is 368 g/mol. The summed E-state index contributed by atoms with van der Waals surface area (Å²) < 4.78 is 18.0. The minimum atomic E-state index is -0.581. The highest BCUT2D eigenvalue weighted by Crippen LogP contribution is 2.55. The molecule has 5 heteroatoms. The summed E-state index contributed by atoms with van der Waals surface area (Å²) in [6.07, 6.45) is 0.602. The Labute approximate surface area is 170 Å². The number of carbonyl (C=O) groups excluding carboxylic acids is 2. The molecule has 7 unspecified atom stereocenters. The van der Waals surface area contributed by atoms with Crippen LogP contribution in [-0.2, 0) is 14.2 Å². The highest BCUT2D eigenvalue weighted by Gasteiger charge is 2.65. The van der Waals surface area contributed by atoms with Crippen LogP contribution in [0.5, 0.6) is 0 Å². The predicted octanol–water partition coefficient (Wildman–Crippen LogP) is 3.88. The van der Waals surface area contributed by atoms with Crippen LogP contribution in [-0.4, -0.2) is 36.4 Å². The first-order chi connectivity index (χ1) is 14.1. The maximum Gasteiger partial charge on any atom is 0.338 e. The van der Waals surface area contributed by atoms with Crippen molar-refractivity contribution in [2.24, 2.45) is 17.8 Å². The fourth-order valence-electron chi connectivity index (χ4n) is 5.38. The largest absolute Gasteiger partial charge is 0.452 e. The molecule has 0 spiro atoms. The van der Waals surface area contributed by atoms with Crippen molar-refractivity contribution in [3.05, 3.63) is 71.8 Å². The first-order valence-electron chi connectivity index (χ1n) is 10.3. The Morgan fingerprint density at radius 2 is 1.31 bits per heavy atom. The number of hydrogen-bond donors (Lipinski definition) is 0. The van der Waals surface area contributed by atoms with E-state index in [4.69, 9.17) is 14.2 Å². The Bertz CT molecular complexity index is 896. The van der Waals surface area contributed by atoms with E-state index in [1.54, 1.807) is 48.5 Å². The summed E-state index contributed by atoms with van der Waals surface area (Å²) in [5.74, 6) is 0.402. The number of benzene rings is 2. The molecule has 3 fully saturated rings. The third-order valence-electron chi connectivity index (χ3n) is 6.70. The van der Waals surface area contributed by atoms with Gasteiger partial charge in [0.25, 0.3) is 0 Å². The molecule has 2 heterocycles. The summed E-state index contributed by atoms with van der Waals surface area (Å²) in [4.78, 5) is 25.5. The minimum Gasteiger partial charge on any atom is -0.452 e. The van der Waals surface area contributed by atoms with E-state index in [-0.39, 0.29) is 12.2 Å². The molecule has 0 N–H and O–H groups in total. The normalized spacial score (nSPS) is 34.6. The quantitative estimate of drug-likeness (QED) is 0.739. The van der Waals surface area contributed by atoms with E-state index < -0.39 is 24.1 Å². The van der Waals surface area contributed by atoms with Gasteiger partial charge in [0.1, 0.15) is 12.2 Å². The van der Waals surface area contributed by atoms with Gasteiger partial charge in [-0.15, -0.1) is 0 Å². The fraction of sp³-hybridized carbons (Fsp3) is 0.417. The lowest BCUT2D eigenvalue weighted by atomic mass is 9.75. The highest BCUT2D eigenvalue weighted by molar-refractivity contribution is 5.90. The van der Waals surface area contributed by atoms with Gasteiger partial charge in [-0.25, -0.2) is 9.59 Å². The Morgan fingerprint density at radius 1 is 0.793 bits per heavy atom. The van der Waals surface area contributed by atoms with Crippen LogP contribution in [0.4, 0.5) is 0 Å². The molecule has 2 aromatic rings. The molecule has 5 rings (SSSR count). The molecule has 2 saturated heterocycles. The van der Waals surface area contributed by atoms with Gasteiger partial charge >= 0.3 is 11.9 Å². The van der Waals surface area contributed by atoms with Gasteiger partial charge in [-0.1, -0.05) is 43.3 Å². The smallest absolute Gasteiger partial charge is 0.338 e. The number of hydrogen-bond acceptors (Lipinski definition) is 5. The third kappa shape index (κ3) is 3.14. The van der Waals surface area contributed by atoms with E-state index in [2.05, 4.69) is 6.92 Å². The van der Waals surface area contributed by atoms with Gasteiger partial charge < -0.3 is 14.2 Å². The second kappa shape index (κ2) is 7.30. The van der Waals surface area contributed by atoms with Crippen molar-refractivity contribution >= 4 is 11.9 Å². The summed E-state index contributed by atoms with van der Waals surface area (Å²) in [7, 11) is 0. The number of fused-ring (bicyclic) bond motifs is 5. The van der Waals surface area contributed by atoms with Gasteiger partial charge in [0.2, 0.25) is 0 Å². The van der Waals surface area contributed by atoms with Gasteiger partial charge in [-0.3, -0.25) is 0 Å². The second-order valence-corrected chi connectivity index (χ2v) is 8.33. The average Bonchev–Trinajstić information content (AvgIpc) is 3.42. The highest BCUT2D eigenvalue weighted by atomic mass is 16.6. The van der Waals surface area contributed by atoms with Crippen molar-refractivity contribution in [2.45, 2.75) is 44.2 Å². The zero-order valence-electron chi connectivity index (χ0n) is 16.3. The van der Waals surface area contributed by atoms with Crippen molar-refractivity contribution in [1.82, 2.24) is 0 Å². The Balaban J connectivity index is 1.40. The van der Waals surface area contributed by atoms with Crippen LogP contribution in [0.1, 0.15) is 40.5 Å². The van der Waals surface area contributed by atoms with Crippen LogP contribution in [0.25, 0.3) is 0 Å². The van der Waals surface area contributed by atoms with Crippen LogP contribution in [0.2, 0.25) is 0 Å². The molecule has 0 aromatic heterocycles. The lowest BCUT2D eigenvalue weighted by Crippen LogP contribution is -2.50. The maximum absolute atomic E-state index is 12.7. The Hall–Kier alpha value is -2.66. The van der Waals surface area contributed by atoms with Gasteiger partial charge in [-0.2, -0.15) is 0 Å². The van der Waals surface area contributed by atoms with Crippen LogP contribution < -0.4 is 0 Å². The van der Waals surface area contributed by atoms with E-state index >= 15 is 0 Å². The summed E-state index contributed by atoms with van der Waals surface area (Å²) in [6.45, 7) is 2.23. The Morgan fingerprint density at radius 3 is 1.86 bits per heavy atom. The van der Waals surface area contributed by atoms with Gasteiger partial charge in [0, 0.05) is 0 Å². The monoisotopic (exact) mass is 392 g/mol. The summed E-state index contributed by atoms with van der Waals surface area (Å²) in [5, 5.41) is 0. The number of rotatable bonds is 4. The number of esters is 2. The first kappa shape index (κ1) is 18.4. The molecular formula is C24H24O5. The summed E-state index contributed by atoms with van der Waals surface area (Å²) in [5.41, 5.74) is 0.971. The summed E-state index contributed by atoms with van der Waals surface area (Å²) >= 11 is 0. The molecule has 0 radical (unpaired) electrons. The van der Waals surface area contributed by atoms with Gasteiger partial charge in [0.15, 0.2) is 12.2 Å². The van der Waals surface area contributed by atoms with Crippen molar-refractivity contribution in [2.75, 3.05) is 0 Å². The molecule has 7 atom stereocenters. The van der Waals surface area contributed by atoms with Crippen molar-refractivity contribution in [1.29, 1.82) is 0 Å². The molecule has 3 aliphatic rings. The van der Waals surface area contributed by atoms with Crippen molar-refractivity contribution in [3.8, 4) is 0 Å². The van der Waals surface area contributed by atoms with E-state index in [0.29, 0.717) is 28.9 Å². The predicted molar refractivity (Wildman–Crippen MR) is 105 cm³/mol. The van der Waals surface area contributed by atoms with E-state index in [0.717, 1.165) is 12.8 Å². The molecule has 0 amide bonds. The molecule has 150 valence electrons. The fourth-order valence-corrected chi connectivity index (χ4v) is 5.38. The van der Waals surface area contributed by atoms with Gasteiger partial charge in [-0.05, 0) is 54.9 Å². The molecule has 5 nitrogen and oxygen atoms in total. The van der Waals surface area contributed by atoms with Crippen LogP contribution in [0, 0.1) is 17.8 Å². The van der Waals surface area contributed by atoms with Gasteiger partial charge in [0.05, 0.1) is 11.1 Å². The topological polar surface area (TPSA) is 61.8 Å². The maximum atomic E-state index is 12.7. The van der Waals surface area contributed by atoms with E-state index in [1.165, 1.54) is 0 Å². The number of carbonyl (C=O) groups is 2. The second-order valence-electron chi connectivity index (χ2n) is 8.33. The van der Waals surface area contributed by atoms with Crippen LogP contribution in [0.3, 0.4) is 0 Å². The summed E-state index contributed by atoms with van der Waals surface area (Å²) in [6, 6.07) is 17.8. The zero-order valence-corrected chi connectivity index (χ0v) is 16.3. The number of ether oxygens (including phenoxy) is 3. The van der Waals surface area contributed by atoms with Crippen LogP contribution >= 0.6 is 0 Å². The molecule has 2 aromatic carbocycles. The zero-order chi connectivity index (χ0) is 20.0. The molecule has 2 bridgehead atoms. The van der Waals surface area contributed by atoms with E-state index in [9.17, 15) is 9.59 Å². The first-order valence-corrected chi connectivity index (χ1v) is 10.3. The van der Waals surface area contributed by atoms with E-state index in [1.807, 2.05) is 12.1 Å².